The molecule has 0 saturated heterocycles. The van der Waals surface area contributed by atoms with Gasteiger partial charge in [-0.2, -0.15) is 0 Å². The predicted octanol–water partition coefficient (Wildman–Crippen LogP) is 32.1. The topological polar surface area (TPSA) is 21.3 Å². The summed E-state index contributed by atoms with van der Waals surface area (Å²) in [5, 5.41) is -1.20. The summed E-state index contributed by atoms with van der Waals surface area (Å²) >= 11 is 0. The zero-order valence-electron chi connectivity index (χ0n) is 102. The van der Waals surface area contributed by atoms with Crippen LogP contribution in [0.2, 0.25) is 0 Å². The maximum atomic E-state index is 10.6. The molecule has 0 saturated carbocycles. The predicted molar refractivity (Wildman–Crippen MR) is 555 cm³/mol. The van der Waals surface area contributed by atoms with E-state index >= 15 is 0 Å². The number of anilines is 6. The third kappa shape index (κ3) is 13.9. The number of benzene rings is 15. The maximum absolute atomic E-state index is 10.6. The lowest BCUT2D eigenvalue weighted by molar-refractivity contribution is 0.569. The molecule has 0 N–H and O–H groups in total. The van der Waals surface area contributed by atoms with E-state index in [4.69, 9.17) is 0 Å². The summed E-state index contributed by atoms with van der Waals surface area (Å²) in [6.07, 6.45) is 0. The molecule has 2 aliphatic rings. The Morgan fingerprint density at radius 2 is 0.500 bits per heavy atom. The number of para-hydroxylation sites is 6. The van der Waals surface area contributed by atoms with Crippen molar-refractivity contribution in [2.24, 2.45) is 0 Å². The zero-order chi connectivity index (χ0) is 111. The molecule has 5 nitrogen and oxygen atoms in total. The zero-order valence-corrected chi connectivity index (χ0v) is 77.8. The van der Waals surface area contributed by atoms with Gasteiger partial charge in [0.1, 0.15) is 0 Å². The summed E-state index contributed by atoms with van der Waals surface area (Å²) in [6.45, 7) is 50.9. The molecule has 15 aromatic carbocycles. The van der Waals surface area contributed by atoms with Crippen LogP contribution < -0.4 is 26.2 Å². The molecule has 2 aliphatic heterocycles. The Morgan fingerprint density at radius 1 is 0.219 bits per heavy atom. The van der Waals surface area contributed by atoms with Crippen LogP contribution in [0.3, 0.4) is 0 Å². The van der Waals surface area contributed by atoms with E-state index in [2.05, 4.69) is 285 Å². The molecule has 0 bridgehead atoms. The molecular weight excluding hydrogens is 1550 g/mol. The highest BCUT2D eigenvalue weighted by Gasteiger charge is 2.48. The third-order valence-electron chi connectivity index (χ3n) is 26.4. The van der Waals surface area contributed by atoms with E-state index in [0.717, 1.165) is 66.8 Å². The van der Waals surface area contributed by atoms with Crippen LogP contribution in [0.15, 0.2) is 303 Å². The van der Waals surface area contributed by atoms with E-state index in [9.17, 15) is 32.9 Å². The first kappa shape index (κ1) is 60.2. The van der Waals surface area contributed by atoms with E-state index in [1.807, 2.05) is 36.4 Å². The Morgan fingerprint density at radius 3 is 0.836 bits per heavy atom. The Hall–Kier alpha value is -12.6. The molecular formula is C122H122BN5. The summed E-state index contributed by atoms with van der Waals surface area (Å²) in [5.41, 5.74) is 12.3. The van der Waals surface area contributed by atoms with Crippen molar-refractivity contribution in [3.05, 3.63) is 347 Å². The molecule has 0 atom stereocenters. The van der Waals surface area contributed by atoms with Crippen molar-refractivity contribution in [2.75, 3.05) is 9.80 Å². The molecule has 638 valence electrons. The second-order valence-corrected chi connectivity index (χ2v) is 43.4. The fraction of sp³-hybridized carbons (Fsp3) is 0.262. The van der Waals surface area contributed by atoms with Crippen LogP contribution in [0.4, 0.5) is 34.1 Å². The Balaban J connectivity index is 1.12. The van der Waals surface area contributed by atoms with Crippen LogP contribution in [0.1, 0.15) is 244 Å². The highest BCUT2D eigenvalue weighted by Crippen LogP contribution is 2.58. The minimum Gasteiger partial charge on any atom is -0.310 e. The first-order valence-corrected chi connectivity index (χ1v) is 44.5. The first-order chi connectivity index (χ1) is 70.5. The van der Waals surface area contributed by atoms with Crippen molar-refractivity contribution in [2.45, 2.75) is 209 Å². The van der Waals surface area contributed by atoms with E-state index in [1.54, 1.807) is 12.1 Å². The molecule has 5 heterocycles. The van der Waals surface area contributed by atoms with Crippen molar-refractivity contribution >= 4 is 123 Å². The second-order valence-electron chi connectivity index (χ2n) is 43.4. The van der Waals surface area contributed by atoms with Gasteiger partial charge in [0, 0.05) is 88.7 Å². The fourth-order valence-electron chi connectivity index (χ4n) is 19.4. The summed E-state index contributed by atoms with van der Waals surface area (Å²) in [4.78, 5) is 4.37. The smallest absolute Gasteiger partial charge is 0.252 e. The monoisotopic (exact) mass is 1690 g/mol. The van der Waals surface area contributed by atoms with Crippen LogP contribution in [-0.2, 0) is 43.3 Å². The Kier molecular flexibility index (Phi) is 13.8. The number of nitrogens with zero attached hydrogens (tertiary/aromatic N) is 5. The lowest BCUT2D eigenvalue weighted by atomic mass is 9.33. The van der Waals surface area contributed by atoms with E-state index in [1.165, 1.54) is 13.7 Å². The molecule has 0 aliphatic carbocycles. The van der Waals surface area contributed by atoms with Gasteiger partial charge in [0.25, 0.3) is 6.71 Å². The number of hydrogen-bond donors (Lipinski definition) is 0. The van der Waals surface area contributed by atoms with Gasteiger partial charge in [-0.15, -0.1) is 0 Å². The molecule has 18 aromatic rings. The van der Waals surface area contributed by atoms with Crippen molar-refractivity contribution < 1.29 is 32.9 Å². The average Bonchev–Trinajstić information content (AvgIpc) is 1.33. The number of hydrogen-bond acceptors (Lipinski definition) is 2. The fourth-order valence-corrected chi connectivity index (χ4v) is 19.4. The summed E-state index contributed by atoms with van der Waals surface area (Å²) in [7, 11) is 0. The first-order valence-electron chi connectivity index (χ1n) is 56.5. The van der Waals surface area contributed by atoms with Crippen molar-refractivity contribution in [1.82, 2.24) is 13.7 Å². The highest BCUT2D eigenvalue weighted by molar-refractivity contribution is 7.00. The van der Waals surface area contributed by atoms with Gasteiger partial charge in [-0.1, -0.05) is 372 Å². The van der Waals surface area contributed by atoms with E-state index < -0.39 is 184 Å². The SMILES string of the molecule is [2H]c1c([2H])c([2H])c2c(c1[2H])c1c([2H])c([2H])c([2H])c([2H])c1n2-c1ccc2c(c1)N(c1c(-c3ccc(C(C)(C)C)cc3)cc(C(C)(C)C)cc1-c1cc(C(C)(C)C)ccc1C(C)(C)C)c1cc(-n3c4c([2H])c([2H])c([2H])c([2H])c4c4c([2H])c([2H])c([2H])c([2H])c43)cc3c1B2c1ccc(-n2c4c([2H])c([2H])c([2H])c([2H])c4c4c([2H])c([2H])c([2H])c([2H])c42)cc1N3c1c(-c2ccc(C(C)(C)C)cc2)cc(C(C)(C)C)cc1-c1ccc(C(C)(C)C)cc1C(C)(C)C. The van der Waals surface area contributed by atoms with Gasteiger partial charge in [0.05, 0.1) is 83.1 Å². The molecule has 20 rings (SSSR count). The molecule has 0 radical (unpaired) electrons. The lowest BCUT2D eigenvalue weighted by Gasteiger charge is -2.46. The van der Waals surface area contributed by atoms with Gasteiger partial charge in [0.15, 0.2) is 0 Å². The minimum absolute atomic E-state index is 0.0634. The van der Waals surface area contributed by atoms with Crippen LogP contribution in [-0.4, -0.2) is 20.4 Å². The van der Waals surface area contributed by atoms with Crippen molar-refractivity contribution in [1.29, 1.82) is 0 Å². The standard InChI is InChI=1S/C122H122BN5/c1-115(2,3)77-53-49-75(50-54-77)93-66-81(119(13,14)15)68-96(86-61-57-80(118(10,11)12)70-99(86)122(22,23)24)113(93)127-108-71-83(124-102-43-31-25-37-87(102)88-38-26-32-44-103(88)124)59-63-100(108)123-101-64-60-84(125-104-45-33-27-39-89(104)90-40-28-34-46-105(90)125)72-109(101)128(111-74-85(73-110(127)112(111)123)126-106-47-35-29-41-91(106)92-42-30-36-48-107(92)126)114-94(76-51-55-78(56-52-76)116(4,5)6)67-82(120(16,17)18)69-97(114)95-65-79(117(7,8)9)58-62-98(95)121(19,20)21/h25-74H,1-24H3/i25D,26D,27D,28D,29D,30D,31D,32D,33D,34D,35D,36D,37D,38D,39D,40D,41D,42D,43D,44D,45D,46D,47D,48D. The van der Waals surface area contributed by atoms with Gasteiger partial charge in [-0.25, -0.2) is 0 Å². The largest absolute Gasteiger partial charge is 0.310 e. The second kappa shape index (κ2) is 29.5. The molecule has 0 fully saturated rings. The lowest BCUT2D eigenvalue weighted by Crippen LogP contribution is -2.61. The number of rotatable bonds is 9. The van der Waals surface area contributed by atoms with Crippen LogP contribution >= 0.6 is 0 Å². The highest BCUT2D eigenvalue weighted by atomic mass is 15.2. The molecule has 0 unspecified atom stereocenters. The minimum atomic E-state index is -1.15. The van der Waals surface area contributed by atoms with Gasteiger partial charge >= 0.3 is 0 Å². The maximum Gasteiger partial charge on any atom is 0.252 e. The Bertz CT molecular complexity index is 8870. The van der Waals surface area contributed by atoms with Gasteiger partial charge < -0.3 is 23.5 Å². The summed E-state index contributed by atoms with van der Waals surface area (Å²) < 4.78 is 242. The Labute approximate surface area is 793 Å². The van der Waals surface area contributed by atoms with Gasteiger partial charge in [-0.3, -0.25) is 0 Å². The van der Waals surface area contributed by atoms with Gasteiger partial charge in [0.2, 0.25) is 0 Å². The molecule has 0 spiro atoms. The number of fused-ring (bicyclic) bond motifs is 13. The molecule has 6 heteroatoms. The normalized spacial score (nSPS) is 16.2. The quantitative estimate of drug-likeness (QED) is 0.134. The summed E-state index contributed by atoms with van der Waals surface area (Å²) in [6, 6.07) is 39.3. The molecule has 0 amide bonds. The summed E-state index contributed by atoms with van der Waals surface area (Å²) in [5.74, 6) is 0. The van der Waals surface area contributed by atoms with Crippen LogP contribution in [0, 0.1) is 0 Å². The van der Waals surface area contributed by atoms with Crippen molar-refractivity contribution in [3.8, 4) is 61.6 Å². The van der Waals surface area contributed by atoms with E-state index in [0.29, 0.717) is 72.8 Å². The molecule has 128 heavy (non-hydrogen) atoms. The third-order valence-corrected chi connectivity index (χ3v) is 26.4. The molecule has 3 aromatic heterocycles. The van der Waals surface area contributed by atoms with E-state index in [-0.39, 0.29) is 93.3 Å². The van der Waals surface area contributed by atoms with Gasteiger partial charge in [-0.05, 0) is 223 Å². The van der Waals surface area contributed by atoms with Crippen LogP contribution in [0.5, 0.6) is 0 Å². The average molecular weight is 1690 g/mol. The van der Waals surface area contributed by atoms with Crippen LogP contribution in [0.25, 0.3) is 127 Å². The number of aromatic nitrogens is 3. The van der Waals surface area contributed by atoms with Crippen molar-refractivity contribution in [3.63, 3.8) is 0 Å².